The highest BCUT2D eigenvalue weighted by Crippen LogP contribution is 2.13. The molecule has 76 valence electrons. The summed E-state index contributed by atoms with van der Waals surface area (Å²) in [6.45, 7) is 5.06. The van der Waals surface area contributed by atoms with Gasteiger partial charge in [0.15, 0.2) is 0 Å². The number of hydrogen-bond donors (Lipinski definition) is 1. The summed E-state index contributed by atoms with van der Waals surface area (Å²) in [4.78, 5) is 11.5. The largest absolute Gasteiger partial charge is 0.314 e. The van der Waals surface area contributed by atoms with Gasteiger partial charge < -0.3 is 5.32 Å². The molecule has 0 amide bonds. The van der Waals surface area contributed by atoms with Crippen LogP contribution in [-0.2, 0) is 4.79 Å². The number of carbonyl (C=O) groups is 1. The minimum Gasteiger partial charge on any atom is -0.314 e. The van der Waals surface area contributed by atoms with Crippen LogP contribution in [-0.4, -0.2) is 18.4 Å². The van der Waals surface area contributed by atoms with Crippen LogP contribution in [0.2, 0.25) is 0 Å². The number of ketones is 1. The SMILES string of the molecule is CC(C)C(=O)CC1CCCCCN1. The molecule has 0 saturated carbocycles. The number of hydrogen-bond acceptors (Lipinski definition) is 2. The Morgan fingerprint density at radius 1 is 1.38 bits per heavy atom. The molecular formula is C11H21NO. The molecule has 0 radical (unpaired) electrons. The first-order chi connectivity index (χ1) is 6.20. The normalized spacial score (nSPS) is 24.4. The maximum atomic E-state index is 11.5. The average molecular weight is 183 g/mol. The van der Waals surface area contributed by atoms with E-state index in [9.17, 15) is 4.79 Å². The van der Waals surface area contributed by atoms with Gasteiger partial charge in [-0.05, 0) is 19.4 Å². The summed E-state index contributed by atoms with van der Waals surface area (Å²) in [6.07, 6.45) is 5.78. The minimum absolute atomic E-state index is 0.199. The van der Waals surface area contributed by atoms with E-state index in [0.29, 0.717) is 11.8 Å². The molecule has 0 aromatic heterocycles. The Labute approximate surface area is 81.1 Å². The Hall–Kier alpha value is -0.370. The van der Waals surface area contributed by atoms with E-state index in [4.69, 9.17) is 0 Å². The third kappa shape index (κ3) is 3.90. The molecule has 0 aromatic rings. The second kappa shape index (κ2) is 5.38. The van der Waals surface area contributed by atoms with Gasteiger partial charge in [0.05, 0.1) is 0 Å². The standard InChI is InChI=1S/C11H21NO/c1-9(2)11(13)8-10-6-4-3-5-7-12-10/h9-10,12H,3-8H2,1-2H3. The first-order valence-corrected chi connectivity index (χ1v) is 5.46. The van der Waals surface area contributed by atoms with Crippen molar-refractivity contribution in [2.24, 2.45) is 5.92 Å². The molecule has 0 aromatic carbocycles. The molecule has 2 heteroatoms. The van der Waals surface area contributed by atoms with Gasteiger partial charge in [-0.15, -0.1) is 0 Å². The summed E-state index contributed by atoms with van der Waals surface area (Å²) in [5.74, 6) is 0.601. The lowest BCUT2D eigenvalue weighted by molar-refractivity contribution is -0.122. The lowest BCUT2D eigenvalue weighted by atomic mass is 9.99. The van der Waals surface area contributed by atoms with Gasteiger partial charge in [-0.3, -0.25) is 4.79 Å². The van der Waals surface area contributed by atoms with E-state index in [2.05, 4.69) is 5.32 Å². The van der Waals surface area contributed by atoms with Crippen molar-refractivity contribution < 1.29 is 4.79 Å². The van der Waals surface area contributed by atoms with E-state index < -0.39 is 0 Å². The predicted octanol–water partition coefficient (Wildman–Crippen LogP) is 2.13. The Morgan fingerprint density at radius 3 is 2.85 bits per heavy atom. The van der Waals surface area contributed by atoms with Crippen molar-refractivity contribution in [1.29, 1.82) is 0 Å². The second-order valence-electron chi connectivity index (χ2n) is 4.33. The third-order valence-corrected chi connectivity index (χ3v) is 2.75. The summed E-state index contributed by atoms with van der Waals surface area (Å²) < 4.78 is 0. The maximum Gasteiger partial charge on any atom is 0.136 e. The van der Waals surface area contributed by atoms with Crippen molar-refractivity contribution in [3.63, 3.8) is 0 Å². The van der Waals surface area contributed by atoms with Crippen molar-refractivity contribution in [3.8, 4) is 0 Å². The van der Waals surface area contributed by atoms with Gasteiger partial charge in [0, 0.05) is 18.4 Å². The van der Waals surface area contributed by atoms with Crippen LogP contribution in [0.3, 0.4) is 0 Å². The Bertz CT molecular complexity index is 157. The van der Waals surface area contributed by atoms with Crippen LogP contribution >= 0.6 is 0 Å². The molecule has 0 aliphatic carbocycles. The number of carbonyl (C=O) groups excluding carboxylic acids is 1. The van der Waals surface area contributed by atoms with Gasteiger partial charge in [-0.25, -0.2) is 0 Å². The van der Waals surface area contributed by atoms with Crippen molar-refractivity contribution in [2.45, 2.75) is 52.0 Å². The first-order valence-electron chi connectivity index (χ1n) is 5.46. The Balaban J connectivity index is 2.29. The molecule has 1 aliphatic rings. The molecule has 1 atom stereocenters. The predicted molar refractivity (Wildman–Crippen MR) is 54.7 cm³/mol. The fraction of sp³-hybridized carbons (Fsp3) is 0.909. The topological polar surface area (TPSA) is 29.1 Å². The smallest absolute Gasteiger partial charge is 0.136 e. The highest BCUT2D eigenvalue weighted by molar-refractivity contribution is 5.80. The number of rotatable bonds is 3. The Kier molecular flexibility index (Phi) is 4.43. The van der Waals surface area contributed by atoms with Crippen LogP contribution in [0, 0.1) is 5.92 Å². The molecule has 1 saturated heterocycles. The van der Waals surface area contributed by atoms with Crippen LogP contribution in [0.1, 0.15) is 46.0 Å². The summed E-state index contributed by atoms with van der Waals surface area (Å²) in [5.41, 5.74) is 0. The van der Waals surface area contributed by atoms with Crippen LogP contribution in [0.15, 0.2) is 0 Å². The summed E-state index contributed by atoms with van der Waals surface area (Å²) >= 11 is 0. The lowest BCUT2D eigenvalue weighted by Crippen LogP contribution is -2.31. The van der Waals surface area contributed by atoms with E-state index in [1.54, 1.807) is 0 Å². The van der Waals surface area contributed by atoms with Crippen LogP contribution in [0.4, 0.5) is 0 Å². The molecule has 0 bridgehead atoms. The van der Waals surface area contributed by atoms with Crippen molar-refractivity contribution in [3.05, 3.63) is 0 Å². The highest BCUT2D eigenvalue weighted by Gasteiger charge is 2.16. The molecule has 1 aliphatic heterocycles. The summed E-state index contributed by atoms with van der Waals surface area (Å²) in [5, 5.41) is 3.45. The molecule has 2 nitrogen and oxygen atoms in total. The zero-order chi connectivity index (χ0) is 9.68. The maximum absolute atomic E-state index is 11.5. The Morgan fingerprint density at radius 2 is 2.15 bits per heavy atom. The van der Waals surface area contributed by atoms with Gasteiger partial charge in [-0.2, -0.15) is 0 Å². The van der Waals surface area contributed by atoms with Gasteiger partial charge in [0.25, 0.3) is 0 Å². The molecule has 1 heterocycles. The number of nitrogens with one attached hydrogen (secondary N) is 1. The van der Waals surface area contributed by atoms with Gasteiger partial charge in [-0.1, -0.05) is 26.7 Å². The molecule has 13 heavy (non-hydrogen) atoms. The van der Waals surface area contributed by atoms with Crippen LogP contribution in [0.25, 0.3) is 0 Å². The zero-order valence-corrected chi connectivity index (χ0v) is 8.81. The summed E-state index contributed by atoms with van der Waals surface area (Å²) in [6, 6.07) is 0.456. The average Bonchev–Trinajstić information content (AvgIpc) is 2.32. The highest BCUT2D eigenvalue weighted by atomic mass is 16.1. The molecule has 1 fully saturated rings. The van der Waals surface area contributed by atoms with E-state index in [-0.39, 0.29) is 5.92 Å². The first kappa shape index (κ1) is 10.7. The summed E-state index contributed by atoms with van der Waals surface area (Å²) in [7, 11) is 0. The third-order valence-electron chi connectivity index (χ3n) is 2.75. The second-order valence-corrected chi connectivity index (χ2v) is 4.33. The number of Topliss-reactive ketones (excluding diaryl/α,β-unsaturated/α-hetero) is 1. The van der Waals surface area contributed by atoms with E-state index >= 15 is 0 Å². The molecule has 1 rings (SSSR count). The molecule has 1 unspecified atom stereocenters. The van der Waals surface area contributed by atoms with Crippen molar-refractivity contribution >= 4 is 5.78 Å². The van der Waals surface area contributed by atoms with E-state index in [1.807, 2.05) is 13.8 Å². The van der Waals surface area contributed by atoms with Gasteiger partial charge in [0.2, 0.25) is 0 Å². The van der Waals surface area contributed by atoms with Crippen molar-refractivity contribution in [1.82, 2.24) is 5.32 Å². The minimum atomic E-state index is 0.199. The van der Waals surface area contributed by atoms with Crippen molar-refractivity contribution in [2.75, 3.05) is 6.54 Å². The van der Waals surface area contributed by atoms with Crippen LogP contribution in [0.5, 0.6) is 0 Å². The molecule has 0 spiro atoms. The molecular weight excluding hydrogens is 162 g/mol. The fourth-order valence-corrected chi connectivity index (χ4v) is 1.75. The zero-order valence-electron chi connectivity index (χ0n) is 8.81. The quantitative estimate of drug-likeness (QED) is 0.726. The van der Waals surface area contributed by atoms with E-state index in [0.717, 1.165) is 13.0 Å². The fourth-order valence-electron chi connectivity index (χ4n) is 1.75. The van der Waals surface area contributed by atoms with E-state index in [1.165, 1.54) is 25.7 Å². The van der Waals surface area contributed by atoms with Gasteiger partial charge >= 0.3 is 0 Å². The van der Waals surface area contributed by atoms with Gasteiger partial charge in [0.1, 0.15) is 5.78 Å². The van der Waals surface area contributed by atoms with Crippen LogP contribution < -0.4 is 5.32 Å². The molecule has 1 N–H and O–H groups in total. The lowest BCUT2D eigenvalue weighted by Gasteiger charge is -2.15. The monoisotopic (exact) mass is 183 g/mol.